The number of carbonyl (C=O) groups excluding carboxylic acids is 1. The Morgan fingerprint density at radius 3 is 2.61 bits per heavy atom. The summed E-state index contributed by atoms with van der Waals surface area (Å²) in [4.78, 5) is 14.4. The van der Waals surface area contributed by atoms with Gasteiger partial charge < -0.3 is 14.4 Å². The third-order valence-electron chi connectivity index (χ3n) is 4.80. The molecule has 0 spiro atoms. The average molecular weight is 439 g/mol. The van der Waals surface area contributed by atoms with Crippen LogP contribution in [0.25, 0.3) is 0 Å². The van der Waals surface area contributed by atoms with Crippen molar-refractivity contribution in [2.75, 3.05) is 29.4 Å². The number of anilines is 2. The van der Waals surface area contributed by atoms with E-state index in [-0.39, 0.29) is 17.4 Å². The van der Waals surface area contributed by atoms with Crippen molar-refractivity contribution in [3.63, 3.8) is 0 Å². The predicted octanol–water partition coefficient (Wildman–Crippen LogP) is 3.60. The molecule has 0 aromatic heterocycles. The number of sulfonamides is 1. The lowest BCUT2D eigenvalue weighted by molar-refractivity contribution is -0.120. The number of hydrogen-bond acceptors (Lipinski definition) is 5. The molecule has 4 rings (SSSR count). The summed E-state index contributed by atoms with van der Waals surface area (Å²) in [6.07, 6.45) is 0. The van der Waals surface area contributed by atoms with Crippen LogP contribution in [0.2, 0.25) is 0 Å². The van der Waals surface area contributed by atoms with Gasteiger partial charge in [0, 0.05) is 5.69 Å². The molecule has 31 heavy (non-hydrogen) atoms. The number of nitrogens with zero attached hydrogens (tertiary/aromatic N) is 1. The van der Waals surface area contributed by atoms with Crippen molar-refractivity contribution >= 4 is 27.3 Å². The van der Waals surface area contributed by atoms with Crippen LogP contribution >= 0.6 is 0 Å². The van der Waals surface area contributed by atoms with Gasteiger partial charge in [0.1, 0.15) is 18.1 Å². The first-order valence-electron chi connectivity index (χ1n) is 9.77. The van der Waals surface area contributed by atoms with E-state index in [9.17, 15) is 13.2 Å². The molecule has 0 radical (unpaired) electrons. The quantitative estimate of drug-likeness (QED) is 0.636. The minimum atomic E-state index is -3.72. The predicted molar refractivity (Wildman–Crippen MR) is 118 cm³/mol. The summed E-state index contributed by atoms with van der Waals surface area (Å²) in [6.45, 7) is 2.59. The maximum Gasteiger partial charge on any atom is 0.265 e. The zero-order chi connectivity index (χ0) is 21.8. The second kappa shape index (κ2) is 8.69. The molecular weight excluding hydrogens is 416 g/mol. The smallest absolute Gasteiger partial charge is 0.265 e. The van der Waals surface area contributed by atoms with Crippen molar-refractivity contribution < 1.29 is 22.7 Å². The van der Waals surface area contributed by atoms with Crippen LogP contribution in [0.5, 0.6) is 11.5 Å². The van der Waals surface area contributed by atoms with Crippen molar-refractivity contribution in [1.82, 2.24) is 0 Å². The fourth-order valence-electron chi connectivity index (χ4n) is 3.29. The zero-order valence-electron chi connectivity index (χ0n) is 16.9. The van der Waals surface area contributed by atoms with Crippen LogP contribution < -0.4 is 19.1 Å². The molecule has 0 fully saturated rings. The SMILES string of the molecule is Cc1cccc(NS(=O)(=O)c2ccc(OCC(=O)N3CCOc4ccccc43)cc2)c1. The Bertz CT molecular complexity index is 1190. The lowest BCUT2D eigenvalue weighted by atomic mass is 10.2. The molecule has 3 aromatic rings. The Morgan fingerprint density at radius 2 is 1.84 bits per heavy atom. The molecule has 0 saturated carbocycles. The van der Waals surface area contributed by atoms with Gasteiger partial charge in [-0.2, -0.15) is 0 Å². The molecular formula is C23H22N2O5S. The van der Waals surface area contributed by atoms with Crippen LogP contribution in [0.1, 0.15) is 5.56 Å². The molecule has 8 heteroatoms. The number of aryl methyl sites for hydroxylation is 1. The standard InChI is InChI=1S/C23H22N2O5S/c1-17-5-4-6-18(15-17)24-31(27,28)20-11-9-19(10-12-20)30-16-23(26)25-13-14-29-22-8-3-2-7-21(22)25/h2-12,15,24H,13-14,16H2,1H3. The molecule has 0 atom stereocenters. The highest BCUT2D eigenvalue weighted by molar-refractivity contribution is 7.92. The number of amides is 1. The minimum Gasteiger partial charge on any atom is -0.490 e. The summed E-state index contributed by atoms with van der Waals surface area (Å²) in [6, 6.07) is 20.4. The Kier molecular flexibility index (Phi) is 5.81. The number of benzene rings is 3. The Labute approximate surface area is 181 Å². The van der Waals surface area contributed by atoms with E-state index >= 15 is 0 Å². The highest BCUT2D eigenvalue weighted by Crippen LogP contribution is 2.31. The van der Waals surface area contributed by atoms with Crippen molar-refractivity contribution in [3.8, 4) is 11.5 Å². The minimum absolute atomic E-state index is 0.106. The van der Waals surface area contributed by atoms with Gasteiger partial charge in [-0.3, -0.25) is 9.52 Å². The molecule has 1 N–H and O–H groups in total. The number of rotatable bonds is 6. The summed E-state index contributed by atoms with van der Waals surface area (Å²) in [5, 5.41) is 0. The topological polar surface area (TPSA) is 84.9 Å². The number of para-hydroxylation sites is 2. The molecule has 1 aliphatic heterocycles. The van der Waals surface area contributed by atoms with E-state index in [1.165, 1.54) is 24.3 Å². The lowest BCUT2D eigenvalue weighted by Crippen LogP contribution is -2.40. The molecule has 1 amide bonds. The van der Waals surface area contributed by atoms with Gasteiger partial charge >= 0.3 is 0 Å². The fraction of sp³-hybridized carbons (Fsp3) is 0.174. The van der Waals surface area contributed by atoms with Gasteiger partial charge in [-0.05, 0) is 61.0 Å². The molecule has 0 unspecified atom stereocenters. The summed E-state index contributed by atoms with van der Waals surface area (Å²) in [7, 11) is -3.72. The summed E-state index contributed by atoms with van der Waals surface area (Å²) in [5.74, 6) is 0.871. The van der Waals surface area contributed by atoms with Crippen molar-refractivity contribution in [2.24, 2.45) is 0 Å². The normalized spacial score (nSPS) is 13.1. The fourth-order valence-corrected chi connectivity index (χ4v) is 4.34. The van der Waals surface area contributed by atoms with Gasteiger partial charge in [0.2, 0.25) is 0 Å². The van der Waals surface area contributed by atoms with E-state index < -0.39 is 10.0 Å². The number of hydrogen-bond donors (Lipinski definition) is 1. The van der Waals surface area contributed by atoms with Gasteiger partial charge in [-0.15, -0.1) is 0 Å². The molecule has 3 aromatic carbocycles. The molecule has 1 heterocycles. The maximum atomic E-state index is 12.6. The first-order valence-corrected chi connectivity index (χ1v) is 11.3. The second-order valence-electron chi connectivity index (χ2n) is 7.10. The van der Waals surface area contributed by atoms with E-state index in [0.717, 1.165) is 5.56 Å². The van der Waals surface area contributed by atoms with E-state index in [1.54, 1.807) is 23.1 Å². The third kappa shape index (κ3) is 4.80. The van der Waals surface area contributed by atoms with Gasteiger partial charge in [-0.1, -0.05) is 24.3 Å². The summed E-state index contributed by atoms with van der Waals surface area (Å²) < 4.78 is 38.9. The summed E-state index contributed by atoms with van der Waals surface area (Å²) >= 11 is 0. The van der Waals surface area contributed by atoms with Crippen molar-refractivity contribution in [3.05, 3.63) is 78.4 Å². The van der Waals surface area contributed by atoms with Crippen LogP contribution in [0.15, 0.2) is 77.7 Å². The second-order valence-corrected chi connectivity index (χ2v) is 8.78. The Balaban J connectivity index is 1.39. The van der Waals surface area contributed by atoms with E-state index in [1.807, 2.05) is 37.3 Å². The van der Waals surface area contributed by atoms with E-state index in [0.29, 0.717) is 36.0 Å². The first kappa shape index (κ1) is 20.7. The Morgan fingerprint density at radius 1 is 1.06 bits per heavy atom. The average Bonchev–Trinajstić information content (AvgIpc) is 2.77. The zero-order valence-corrected chi connectivity index (χ0v) is 17.8. The van der Waals surface area contributed by atoms with Crippen LogP contribution in [-0.4, -0.2) is 34.1 Å². The molecule has 0 saturated heterocycles. The van der Waals surface area contributed by atoms with Crippen LogP contribution in [0, 0.1) is 6.92 Å². The molecule has 160 valence electrons. The Hall–Kier alpha value is -3.52. The van der Waals surface area contributed by atoms with Gasteiger partial charge in [0.05, 0.1) is 17.1 Å². The van der Waals surface area contributed by atoms with Crippen LogP contribution in [0.3, 0.4) is 0 Å². The van der Waals surface area contributed by atoms with E-state index in [4.69, 9.17) is 9.47 Å². The van der Waals surface area contributed by atoms with Crippen molar-refractivity contribution in [1.29, 1.82) is 0 Å². The van der Waals surface area contributed by atoms with Crippen LogP contribution in [0.4, 0.5) is 11.4 Å². The number of nitrogens with one attached hydrogen (secondary N) is 1. The highest BCUT2D eigenvalue weighted by Gasteiger charge is 2.23. The largest absolute Gasteiger partial charge is 0.490 e. The highest BCUT2D eigenvalue weighted by atomic mass is 32.2. The molecule has 7 nitrogen and oxygen atoms in total. The van der Waals surface area contributed by atoms with Gasteiger partial charge in [0.25, 0.3) is 15.9 Å². The molecule has 0 aliphatic carbocycles. The van der Waals surface area contributed by atoms with Crippen LogP contribution in [-0.2, 0) is 14.8 Å². The monoisotopic (exact) mass is 438 g/mol. The third-order valence-corrected chi connectivity index (χ3v) is 6.19. The lowest BCUT2D eigenvalue weighted by Gasteiger charge is -2.29. The first-order chi connectivity index (χ1) is 14.9. The molecule has 0 bridgehead atoms. The van der Waals surface area contributed by atoms with Crippen molar-refractivity contribution in [2.45, 2.75) is 11.8 Å². The molecule has 1 aliphatic rings. The van der Waals surface area contributed by atoms with Gasteiger partial charge in [-0.25, -0.2) is 8.42 Å². The van der Waals surface area contributed by atoms with Gasteiger partial charge in [0.15, 0.2) is 6.61 Å². The number of fused-ring (bicyclic) bond motifs is 1. The number of carbonyl (C=O) groups is 1. The van der Waals surface area contributed by atoms with E-state index in [2.05, 4.69) is 4.72 Å². The number of ether oxygens (including phenoxy) is 2. The summed E-state index contributed by atoms with van der Waals surface area (Å²) in [5.41, 5.74) is 2.17. The maximum absolute atomic E-state index is 12.6.